The first-order valence-corrected chi connectivity index (χ1v) is 5.08. The van der Waals surface area contributed by atoms with Crippen LogP contribution in [0.5, 0.6) is 0 Å². The summed E-state index contributed by atoms with van der Waals surface area (Å²) in [7, 11) is 3.49. The summed E-state index contributed by atoms with van der Waals surface area (Å²) in [6, 6.07) is 3.89. The number of pyridine rings is 1. The summed E-state index contributed by atoms with van der Waals surface area (Å²) in [5, 5.41) is 3.92. The van der Waals surface area contributed by atoms with E-state index in [4.69, 9.17) is 4.74 Å². The van der Waals surface area contributed by atoms with Crippen molar-refractivity contribution in [2.45, 2.75) is 13.0 Å². The van der Waals surface area contributed by atoms with Crippen molar-refractivity contribution in [3.05, 3.63) is 24.2 Å². The smallest absolute Gasteiger partial charge is 0.164 e. The zero-order valence-corrected chi connectivity index (χ0v) is 9.56. The van der Waals surface area contributed by atoms with E-state index >= 15 is 0 Å². The Kier molecular flexibility index (Phi) is 2.96. The van der Waals surface area contributed by atoms with E-state index in [1.165, 1.54) is 6.33 Å². The average Bonchev–Trinajstić information content (AvgIpc) is 2.36. The number of aromatic nitrogens is 3. The molecule has 0 bridgehead atoms. The molecule has 5 heteroatoms. The largest absolute Gasteiger partial charge is 0.375 e. The van der Waals surface area contributed by atoms with Crippen LogP contribution in [0.15, 0.2) is 18.5 Å². The van der Waals surface area contributed by atoms with Gasteiger partial charge in [0.15, 0.2) is 5.65 Å². The van der Waals surface area contributed by atoms with Gasteiger partial charge in [0.25, 0.3) is 0 Å². The second-order valence-electron chi connectivity index (χ2n) is 3.46. The zero-order chi connectivity index (χ0) is 11.5. The maximum Gasteiger partial charge on any atom is 0.164 e. The summed E-state index contributed by atoms with van der Waals surface area (Å²) >= 11 is 0. The maximum absolute atomic E-state index is 5.22. The third-order valence-electron chi connectivity index (χ3n) is 2.53. The number of hydrogen-bond donors (Lipinski definition) is 1. The predicted octanol–water partition coefficient (Wildman–Crippen LogP) is 1.77. The van der Waals surface area contributed by atoms with Gasteiger partial charge in [-0.15, -0.1) is 0 Å². The molecule has 0 radical (unpaired) electrons. The Balaban J connectivity index is 2.55. The van der Waals surface area contributed by atoms with Gasteiger partial charge in [-0.3, -0.25) is 0 Å². The van der Waals surface area contributed by atoms with Crippen LogP contribution >= 0.6 is 0 Å². The van der Waals surface area contributed by atoms with Crippen molar-refractivity contribution in [3.8, 4) is 0 Å². The number of methoxy groups -OCH3 is 1. The molecule has 2 aromatic rings. The number of ether oxygens (including phenoxy) is 1. The molecule has 1 unspecified atom stereocenters. The van der Waals surface area contributed by atoms with Crippen molar-refractivity contribution in [3.63, 3.8) is 0 Å². The summed E-state index contributed by atoms with van der Waals surface area (Å²) in [6.07, 6.45) is 1.47. The van der Waals surface area contributed by atoms with E-state index in [2.05, 4.69) is 20.3 Å². The Hall–Kier alpha value is -1.75. The fourth-order valence-electron chi connectivity index (χ4n) is 1.50. The molecule has 0 fully saturated rings. The van der Waals surface area contributed by atoms with E-state index in [0.29, 0.717) is 5.65 Å². The van der Waals surface area contributed by atoms with Crippen LogP contribution in [0.3, 0.4) is 0 Å². The number of rotatable bonds is 3. The van der Waals surface area contributed by atoms with E-state index < -0.39 is 0 Å². The minimum Gasteiger partial charge on any atom is -0.375 e. The van der Waals surface area contributed by atoms with Crippen LogP contribution in [-0.2, 0) is 4.74 Å². The Morgan fingerprint density at radius 3 is 2.81 bits per heavy atom. The normalized spacial score (nSPS) is 12.7. The number of fused-ring (bicyclic) bond motifs is 1. The molecular weight excluding hydrogens is 204 g/mol. The molecule has 2 heterocycles. The molecule has 16 heavy (non-hydrogen) atoms. The van der Waals surface area contributed by atoms with Crippen LogP contribution in [0.25, 0.3) is 11.0 Å². The van der Waals surface area contributed by atoms with Gasteiger partial charge in [-0.1, -0.05) is 0 Å². The fraction of sp³-hybridized carbons (Fsp3) is 0.364. The highest BCUT2D eigenvalue weighted by Gasteiger charge is 2.08. The molecule has 0 amide bonds. The molecule has 1 atom stereocenters. The first kappa shape index (κ1) is 10.8. The molecule has 0 aliphatic rings. The molecule has 0 aliphatic carbocycles. The minimum atomic E-state index is -0.0302. The van der Waals surface area contributed by atoms with Gasteiger partial charge >= 0.3 is 0 Å². The van der Waals surface area contributed by atoms with E-state index in [0.717, 1.165) is 16.9 Å². The summed E-state index contributed by atoms with van der Waals surface area (Å²) in [6.45, 7) is 1.95. The molecule has 84 valence electrons. The average molecular weight is 218 g/mol. The maximum atomic E-state index is 5.22. The number of anilines is 1. The number of nitrogens with one attached hydrogen (secondary N) is 1. The zero-order valence-electron chi connectivity index (χ0n) is 9.56. The lowest BCUT2D eigenvalue weighted by Gasteiger charge is -2.10. The lowest BCUT2D eigenvalue weighted by atomic mass is 10.2. The minimum absolute atomic E-state index is 0.0302. The van der Waals surface area contributed by atoms with Crippen LogP contribution in [0.1, 0.15) is 18.7 Å². The van der Waals surface area contributed by atoms with Crippen molar-refractivity contribution in [2.24, 2.45) is 0 Å². The first-order chi connectivity index (χ1) is 7.76. The molecule has 0 spiro atoms. The highest BCUT2D eigenvalue weighted by atomic mass is 16.5. The van der Waals surface area contributed by atoms with Gasteiger partial charge < -0.3 is 10.1 Å². The SMILES string of the molecule is CNc1ncnc2nc(C(C)OC)ccc12. The fourth-order valence-corrected chi connectivity index (χ4v) is 1.50. The first-order valence-electron chi connectivity index (χ1n) is 5.08. The predicted molar refractivity (Wildman–Crippen MR) is 62.3 cm³/mol. The molecule has 0 saturated carbocycles. The summed E-state index contributed by atoms with van der Waals surface area (Å²) in [5.41, 5.74) is 1.55. The third kappa shape index (κ3) is 1.81. The molecule has 1 N–H and O–H groups in total. The second-order valence-corrected chi connectivity index (χ2v) is 3.46. The van der Waals surface area contributed by atoms with E-state index in [1.54, 1.807) is 7.11 Å². The Labute approximate surface area is 93.9 Å². The lowest BCUT2D eigenvalue weighted by molar-refractivity contribution is 0.116. The van der Waals surface area contributed by atoms with E-state index in [9.17, 15) is 0 Å². The van der Waals surface area contributed by atoms with Crippen LogP contribution in [0.4, 0.5) is 5.82 Å². The Morgan fingerprint density at radius 1 is 1.31 bits per heavy atom. The van der Waals surface area contributed by atoms with Crippen molar-refractivity contribution >= 4 is 16.9 Å². The summed E-state index contributed by atoms with van der Waals surface area (Å²) in [4.78, 5) is 12.7. The summed E-state index contributed by atoms with van der Waals surface area (Å²) < 4.78 is 5.22. The molecule has 0 aromatic carbocycles. The van der Waals surface area contributed by atoms with Gasteiger partial charge in [0.1, 0.15) is 12.1 Å². The highest BCUT2D eigenvalue weighted by molar-refractivity contribution is 5.86. The van der Waals surface area contributed by atoms with Crippen molar-refractivity contribution < 1.29 is 4.74 Å². The van der Waals surface area contributed by atoms with Gasteiger partial charge in [-0.25, -0.2) is 15.0 Å². The van der Waals surface area contributed by atoms with Gasteiger partial charge in [0.05, 0.1) is 17.2 Å². The number of hydrogen-bond acceptors (Lipinski definition) is 5. The second kappa shape index (κ2) is 4.40. The molecule has 2 aromatic heterocycles. The summed E-state index contributed by atoms with van der Waals surface area (Å²) in [5.74, 6) is 0.786. The molecule has 2 rings (SSSR count). The van der Waals surface area contributed by atoms with Crippen molar-refractivity contribution in [1.29, 1.82) is 0 Å². The van der Waals surface area contributed by atoms with E-state index in [-0.39, 0.29) is 6.10 Å². The van der Waals surface area contributed by atoms with E-state index in [1.807, 2.05) is 26.1 Å². The number of nitrogens with zero attached hydrogens (tertiary/aromatic N) is 3. The van der Waals surface area contributed by atoms with Gasteiger partial charge in [-0.05, 0) is 19.1 Å². The van der Waals surface area contributed by atoms with Crippen LogP contribution in [-0.4, -0.2) is 29.1 Å². The monoisotopic (exact) mass is 218 g/mol. The van der Waals surface area contributed by atoms with Crippen LogP contribution in [0.2, 0.25) is 0 Å². The third-order valence-corrected chi connectivity index (χ3v) is 2.53. The van der Waals surface area contributed by atoms with Gasteiger partial charge in [0.2, 0.25) is 0 Å². The standard InChI is InChI=1S/C11H14N4O/c1-7(16-3)9-5-4-8-10(12-2)13-6-14-11(8)15-9/h4-7H,1-3H3,(H,12,13,14,15). The van der Waals surface area contributed by atoms with Crippen molar-refractivity contribution in [2.75, 3.05) is 19.5 Å². The molecule has 0 saturated heterocycles. The van der Waals surface area contributed by atoms with Crippen LogP contribution < -0.4 is 5.32 Å². The topological polar surface area (TPSA) is 59.9 Å². The van der Waals surface area contributed by atoms with Crippen LogP contribution in [0, 0.1) is 0 Å². The lowest BCUT2D eigenvalue weighted by Crippen LogP contribution is -2.02. The van der Waals surface area contributed by atoms with Gasteiger partial charge in [0, 0.05) is 14.2 Å². The molecular formula is C11H14N4O. The van der Waals surface area contributed by atoms with Gasteiger partial charge in [-0.2, -0.15) is 0 Å². The highest BCUT2D eigenvalue weighted by Crippen LogP contribution is 2.20. The molecule has 0 aliphatic heterocycles. The Morgan fingerprint density at radius 2 is 2.12 bits per heavy atom. The quantitative estimate of drug-likeness (QED) is 0.850. The Bertz CT molecular complexity index is 500. The van der Waals surface area contributed by atoms with Crippen molar-refractivity contribution in [1.82, 2.24) is 15.0 Å². The molecule has 5 nitrogen and oxygen atoms in total.